The first-order chi connectivity index (χ1) is 16.5. The predicted molar refractivity (Wildman–Crippen MR) is 132 cm³/mol. The SMILES string of the molecule is CCOc1ccccc1NC(=O)N(Cc1ccc(Cl)nc1)Cc1nc2ccccc2n(C)c1=O. The Balaban J connectivity index is 1.68. The maximum absolute atomic E-state index is 13.4. The summed E-state index contributed by atoms with van der Waals surface area (Å²) < 4.78 is 7.17. The first-order valence-electron chi connectivity index (χ1n) is 10.8. The summed E-state index contributed by atoms with van der Waals surface area (Å²) in [6.07, 6.45) is 1.60. The van der Waals surface area contributed by atoms with Gasteiger partial charge in [0.1, 0.15) is 16.6 Å². The standard InChI is InChI=1S/C25H24ClN5O3/c1-3-34-22-11-7-5-9-19(22)29-25(33)31(15-17-12-13-23(26)27-14-17)16-20-24(32)30(2)21-10-6-4-8-18(21)28-20/h4-14H,3,15-16H2,1-2H3,(H,29,33). The highest BCUT2D eigenvalue weighted by molar-refractivity contribution is 6.29. The Hall–Kier alpha value is -3.91. The number of amides is 2. The number of fused-ring (bicyclic) bond motifs is 1. The molecule has 2 aromatic heterocycles. The number of ether oxygens (including phenoxy) is 1. The van der Waals surface area contributed by atoms with Crippen molar-refractivity contribution in [2.24, 2.45) is 7.05 Å². The molecule has 1 N–H and O–H groups in total. The Morgan fingerprint density at radius 1 is 1.09 bits per heavy atom. The number of pyridine rings is 1. The third-order valence-electron chi connectivity index (χ3n) is 5.27. The molecule has 0 aliphatic heterocycles. The number of carbonyl (C=O) groups excluding carboxylic acids is 1. The average molecular weight is 478 g/mol. The molecular formula is C25H24ClN5O3. The van der Waals surface area contributed by atoms with E-state index in [4.69, 9.17) is 16.3 Å². The molecule has 2 aromatic carbocycles. The van der Waals surface area contributed by atoms with Gasteiger partial charge in [-0.05, 0) is 42.8 Å². The number of nitrogens with one attached hydrogen (secondary N) is 1. The number of hydrogen-bond donors (Lipinski definition) is 1. The normalized spacial score (nSPS) is 10.8. The van der Waals surface area contributed by atoms with Gasteiger partial charge in [-0.1, -0.05) is 41.9 Å². The van der Waals surface area contributed by atoms with Crippen molar-refractivity contribution in [2.75, 3.05) is 11.9 Å². The summed E-state index contributed by atoms with van der Waals surface area (Å²) in [6, 6.07) is 17.6. The van der Waals surface area contributed by atoms with E-state index in [0.717, 1.165) is 11.1 Å². The lowest BCUT2D eigenvalue weighted by Gasteiger charge is -2.24. The second-order valence-corrected chi connectivity index (χ2v) is 8.00. The Morgan fingerprint density at radius 3 is 2.62 bits per heavy atom. The van der Waals surface area contributed by atoms with Gasteiger partial charge in [0.05, 0.1) is 29.9 Å². The number of aryl methyl sites for hydroxylation is 1. The number of halogens is 1. The molecule has 0 unspecified atom stereocenters. The Labute approximate surface area is 201 Å². The van der Waals surface area contributed by atoms with Crippen molar-refractivity contribution >= 4 is 34.4 Å². The van der Waals surface area contributed by atoms with Crippen LogP contribution in [-0.4, -0.2) is 32.1 Å². The number of hydrogen-bond acceptors (Lipinski definition) is 5. The first kappa shape index (κ1) is 23.3. The molecule has 0 radical (unpaired) electrons. The van der Waals surface area contributed by atoms with Crippen LogP contribution in [-0.2, 0) is 20.1 Å². The number of anilines is 1. The lowest BCUT2D eigenvalue weighted by Crippen LogP contribution is -2.37. The van der Waals surface area contributed by atoms with Crippen molar-refractivity contribution in [1.29, 1.82) is 0 Å². The molecule has 2 amide bonds. The average Bonchev–Trinajstić information content (AvgIpc) is 2.84. The Kier molecular flexibility index (Phi) is 7.08. The number of rotatable bonds is 7. The molecule has 0 bridgehead atoms. The van der Waals surface area contributed by atoms with Crippen molar-refractivity contribution in [3.8, 4) is 5.75 Å². The van der Waals surface area contributed by atoms with E-state index < -0.39 is 6.03 Å². The minimum absolute atomic E-state index is 0.00275. The minimum Gasteiger partial charge on any atom is -0.492 e. The minimum atomic E-state index is -0.404. The summed E-state index contributed by atoms with van der Waals surface area (Å²) in [5.74, 6) is 0.561. The third-order valence-corrected chi connectivity index (χ3v) is 5.49. The lowest BCUT2D eigenvalue weighted by molar-refractivity contribution is 0.205. The summed E-state index contributed by atoms with van der Waals surface area (Å²) in [5.41, 5.74) is 2.69. The van der Waals surface area contributed by atoms with E-state index in [-0.39, 0.29) is 24.3 Å². The van der Waals surface area contributed by atoms with Crippen LogP contribution in [0, 0.1) is 0 Å². The van der Waals surface area contributed by atoms with Crippen molar-refractivity contribution in [2.45, 2.75) is 20.0 Å². The van der Waals surface area contributed by atoms with E-state index in [1.54, 1.807) is 42.1 Å². The Bertz CT molecular complexity index is 1370. The first-order valence-corrected chi connectivity index (χ1v) is 11.2. The number of carbonyl (C=O) groups is 1. The third kappa shape index (κ3) is 5.18. The molecule has 0 saturated carbocycles. The largest absolute Gasteiger partial charge is 0.492 e. The topological polar surface area (TPSA) is 89.3 Å². The van der Waals surface area contributed by atoms with Crippen LogP contribution in [0.1, 0.15) is 18.2 Å². The summed E-state index contributed by atoms with van der Waals surface area (Å²) in [4.78, 5) is 36.6. The molecule has 8 nitrogen and oxygen atoms in total. The van der Waals surface area contributed by atoms with Crippen LogP contribution in [0.2, 0.25) is 5.15 Å². The van der Waals surface area contributed by atoms with E-state index in [1.165, 1.54) is 4.90 Å². The molecule has 0 aliphatic carbocycles. The highest BCUT2D eigenvalue weighted by Crippen LogP contribution is 2.24. The second kappa shape index (κ2) is 10.4. The fraction of sp³-hybridized carbons (Fsp3) is 0.200. The van der Waals surface area contributed by atoms with E-state index in [9.17, 15) is 9.59 Å². The second-order valence-electron chi connectivity index (χ2n) is 7.62. The van der Waals surface area contributed by atoms with Gasteiger partial charge >= 0.3 is 6.03 Å². The lowest BCUT2D eigenvalue weighted by atomic mass is 10.2. The maximum atomic E-state index is 13.4. The van der Waals surface area contributed by atoms with Crippen LogP contribution >= 0.6 is 11.6 Å². The van der Waals surface area contributed by atoms with E-state index in [1.807, 2.05) is 43.3 Å². The van der Waals surface area contributed by atoms with Crippen molar-refractivity contribution < 1.29 is 9.53 Å². The van der Waals surface area contributed by atoms with Gasteiger partial charge in [0.25, 0.3) is 5.56 Å². The van der Waals surface area contributed by atoms with Gasteiger partial charge in [0.2, 0.25) is 0 Å². The molecule has 174 valence electrons. The molecule has 9 heteroatoms. The number of benzene rings is 2. The van der Waals surface area contributed by atoms with Gasteiger partial charge in [-0.3, -0.25) is 4.79 Å². The molecule has 4 rings (SSSR count). The summed E-state index contributed by atoms with van der Waals surface area (Å²) in [6.45, 7) is 2.54. The maximum Gasteiger partial charge on any atom is 0.322 e. The van der Waals surface area contributed by atoms with Crippen LogP contribution in [0.3, 0.4) is 0 Å². The number of aromatic nitrogens is 3. The van der Waals surface area contributed by atoms with Crippen molar-refractivity contribution in [3.63, 3.8) is 0 Å². The molecule has 4 aromatic rings. The van der Waals surface area contributed by atoms with Crippen LogP contribution in [0.4, 0.5) is 10.5 Å². The molecule has 0 atom stereocenters. The molecule has 0 spiro atoms. The summed E-state index contributed by atoms with van der Waals surface area (Å²) in [7, 11) is 1.70. The van der Waals surface area contributed by atoms with Gasteiger partial charge in [-0.25, -0.2) is 14.8 Å². The van der Waals surface area contributed by atoms with Crippen molar-refractivity contribution in [3.05, 3.63) is 93.6 Å². The smallest absolute Gasteiger partial charge is 0.322 e. The van der Waals surface area contributed by atoms with E-state index in [2.05, 4.69) is 15.3 Å². The molecule has 34 heavy (non-hydrogen) atoms. The molecule has 0 fully saturated rings. The van der Waals surface area contributed by atoms with Crippen LogP contribution in [0.25, 0.3) is 11.0 Å². The highest BCUT2D eigenvalue weighted by Gasteiger charge is 2.20. The fourth-order valence-corrected chi connectivity index (χ4v) is 3.70. The fourth-order valence-electron chi connectivity index (χ4n) is 3.59. The molecule has 0 saturated heterocycles. The number of urea groups is 1. The van der Waals surface area contributed by atoms with Crippen molar-refractivity contribution in [1.82, 2.24) is 19.4 Å². The zero-order valence-corrected chi connectivity index (χ0v) is 19.6. The van der Waals surface area contributed by atoms with Gasteiger partial charge in [0.15, 0.2) is 0 Å². The molecular weight excluding hydrogens is 454 g/mol. The van der Waals surface area contributed by atoms with Gasteiger partial charge < -0.3 is 19.5 Å². The number of para-hydroxylation sites is 4. The summed E-state index contributed by atoms with van der Waals surface area (Å²) in [5, 5.41) is 3.25. The number of nitrogens with zero attached hydrogens (tertiary/aromatic N) is 4. The predicted octanol–water partition coefficient (Wildman–Crippen LogP) is 4.61. The van der Waals surface area contributed by atoms with E-state index in [0.29, 0.717) is 28.7 Å². The van der Waals surface area contributed by atoms with Gasteiger partial charge in [-0.15, -0.1) is 0 Å². The van der Waals surface area contributed by atoms with Crippen LogP contribution in [0.15, 0.2) is 71.7 Å². The highest BCUT2D eigenvalue weighted by atomic mass is 35.5. The monoisotopic (exact) mass is 477 g/mol. The van der Waals surface area contributed by atoms with Gasteiger partial charge in [-0.2, -0.15) is 0 Å². The summed E-state index contributed by atoms with van der Waals surface area (Å²) >= 11 is 5.92. The quantitative estimate of drug-likeness (QED) is 0.392. The van der Waals surface area contributed by atoms with E-state index >= 15 is 0 Å². The van der Waals surface area contributed by atoms with Gasteiger partial charge in [0, 0.05) is 19.8 Å². The molecule has 0 aliphatic rings. The zero-order chi connectivity index (χ0) is 24.1. The van der Waals surface area contributed by atoms with Crippen LogP contribution in [0.5, 0.6) is 5.75 Å². The molecule has 2 heterocycles. The van der Waals surface area contributed by atoms with Crippen LogP contribution < -0.4 is 15.6 Å². The Morgan fingerprint density at radius 2 is 1.85 bits per heavy atom. The zero-order valence-electron chi connectivity index (χ0n) is 18.9.